The van der Waals surface area contributed by atoms with Gasteiger partial charge in [-0.1, -0.05) is 27.2 Å². The van der Waals surface area contributed by atoms with Gasteiger partial charge in [0.2, 0.25) is 0 Å². The van der Waals surface area contributed by atoms with Crippen LogP contribution in [0.1, 0.15) is 59.8 Å². The van der Waals surface area contributed by atoms with Gasteiger partial charge in [-0.2, -0.15) is 0 Å². The highest BCUT2D eigenvalue weighted by Gasteiger charge is 2.24. The van der Waals surface area contributed by atoms with Crippen molar-refractivity contribution in [3.63, 3.8) is 0 Å². The molecule has 1 N–H and O–H groups in total. The molecule has 1 saturated heterocycles. The lowest BCUT2D eigenvalue weighted by molar-refractivity contribution is 0.202. The highest BCUT2D eigenvalue weighted by atomic mass is 15.2. The molecule has 1 aliphatic rings. The van der Waals surface area contributed by atoms with Gasteiger partial charge >= 0.3 is 0 Å². The topological polar surface area (TPSA) is 15.3 Å². The van der Waals surface area contributed by atoms with Crippen LogP contribution in [0.3, 0.4) is 0 Å². The zero-order valence-corrected chi connectivity index (χ0v) is 12.4. The molecule has 0 amide bonds. The van der Waals surface area contributed by atoms with Crippen molar-refractivity contribution in [2.24, 2.45) is 5.41 Å². The predicted octanol–water partition coefficient (Wildman–Crippen LogP) is 3.28. The average molecular weight is 240 g/mol. The highest BCUT2D eigenvalue weighted by Crippen LogP contribution is 2.30. The lowest BCUT2D eigenvalue weighted by Crippen LogP contribution is -2.41. The Balaban J connectivity index is 2.24. The van der Waals surface area contributed by atoms with Crippen molar-refractivity contribution < 1.29 is 0 Å². The minimum absolute atomic E-state index is 0.560. The highest BCUT2D eigenvalue weighted by molar-refractivity contribution is 4.79. The number of hydrogen-bond acceptors (Lipinski definition) is 2. The van der Waals surface area contributed by atoms with E-state index in [9.17, 15) is 0 Å². The molecule has 1 atom stereocenters. The van der Waals surface area contributed by atoms with Crippen LogP contribution in [0.15, 0.2) is 0 Å². The predicted molar refractivity (Wildman–Crippen MR) is 76.4 cm³/mol. The summed E-state index contributed by atoms with van der Waals surface area (Å²) in [5.41, 5.74) is 0.560. The molecular formula is C15H32N2. The van der Waals surface area contributed by atoms with Crippen LogP contribution in [0.2, 0.25) is 0 Å². The van der Waals surface area contributed by atoms with E-state index in [2.05, 4.69) is 37.9 Å². The number of nitrogens with one attached hydrogen (secondary N) is 1. The molecule has 1 heterocycles. The third-order valence-corrected chi connectivity index (χ3v) is 4.14. The van der Waals surface area contributed by atoms with E-state index in [4.69, 9.17) is 0 Å². The van der Waals surface area contributed by atoms with E-state index in [1.54, 1.807) is 0 Å². The molecule has 1 unspecified atom stereocenters. The van der Waals surface area contributed by atoms with Crippen molar-refractivity contribution in [3.8, 4) is 0 Å². The van der Waals surface area contributed by atoms with Gasteiger partial charge in [0.25, 0.3) is 0 Å². The van der Waals surface area contributed by atoms with Crippen molar-refractivity contribution >= 4 is 0 Å². The molecule has 2 heteroatoms. The van der Waals surface area contributed by atoms with Crippen LogP contribution in [0.4, 0.5) is 0 Å². The smallest absolute Gasteiger partial charge is 0.0192 e. The van der Waals surface area contributed by atoms with Crippen molar-refractivity contribution in [2.45, 2.75) is 65.8 Å². The second-order valence-corrected chi connectivity index (χ2v) is 6.46. The number of likely N-dealkylation sites (tertiary alicyclic amines) is 1. The van der Waals surface area contributed by atoms with E-state index in [1.165, 1.54) is 51.7 Å². The van der Waals surface area contributed by atoms with Crippen LogP contribution >= 0.6 is 0 Å². The van der Waals surface area contributed by atoms with Gasteiger partial charge in [-0.25, -0.2) is 0 Å². The molecule has 17 heavy (non-hydrogen) atoms. The van der Waals surface area contributed by atoms with Crippen LogP contribution < -0.4 is 5.32 Å². The Labute approximate surface area is 108 Å². The van der Waals surface area contributed by atoms with E-state index < -0.39 is 0 Å². The normalized spacial score (nSPS) is 23.3. The molecule has 0 aliphatic carbocycles. The van der Waals surface area contributed by atoms with Crippen LogP contribution in [-0.2, 0) is 0 Å². The summed E-state index contributed by atoms with van der Waals surface area (Å²) >= 11 is 0. The maximum Gasteiger partial charge on any atom is 0.0192 e. The fourth-order valence-corrected chi connectivity index (χ4v) is 2.63. The fraction of sp³-hybridized carbons (Fsp3) is 1.00. The van der Waals surface area contributed by atoms with Crippen LogP contribution in [0, 0.1) is 5.41 Å². The quantitative estimate of drug-likeness (QED) is 0.717. The molecule has 0 bridgehead atoms. The summed E-state index contributed by atoms with van der Waals surface area (Å²) in [6.45, 7) is 14.4. The summed E-state index contributed by atoms with van der Waals surface area (Å²) in [5.74, 6) is 0. The average Bonchev–Trinajstić information content (AvgIpc) is 2.45. The standard InChI is InChI=1S/C15H32N2/c1-5-6-10-16-13-14(2)17-11-7-8-15(3,4)9-12-17/h14,16H,5-13H2,1-4H3. The van der Waals surface area contributed by atoms with Gasteiger partial charge in [-0.3, -0.25) is 4.90 Å². The summed E-state index contributed by atoms with van der Waals surface area (Å²) in [7, 11) is 0. The van der Waals surface area contributed by atoms with E-state index in [0.29, 0.717) is 11.5 Å². The first-order chi connectivity index (χ1) is 8.05. The van der Waals surface area contributed by atoms with Gasteiger partial charge in [0.1, 0.15) is 0 Å². The number of rotatable bonds is 6. The Morgan fingerprint density at radius 1 is 1.24 bits per heavy atom. The first-order valence-corrected chi connectivity index (χ1v) is 7.50. The van der Waals surface area contributed by atoms with E-state index in [-0.39, 0.29) is 0 Å². The molecule has 0 aromatic carbocycles. The lowest BCUT2D eigenvalue weighted by atomic mass is 9.85. The summed E-state index contributed by atoms with van der Waals surface area (Å²) in [6.07, 6.45) is 6.71. The Kier molecular flexibility index (Phi) is 6.50. The van der Waals surface area contributed by atoms with Crippen LogP contribution in [0.5, 0.6) is 0 Å². The van der Waals surface area contributed by atoms with E-state index in [1.807, 2.05) is 0 Å². The SMILES string of the molecule is CCCCNCC(C)N1CCCC(C)(C)CC1. The summed E-state index contributed by atoms with van der Waals surface area (Å²) in [5, 5.41) is 3.58. The Bertz CT molecular complexity index is 201. The molecule has 0 aromatic heterocycles. The molecule has 0 spiro atoms. The summed E-state index contributed by atoms with van der Waals surface area (Å²) in [6, 6.07) is 0.695. The number of hydrogen-bond donors (Lipinski definition) is 1. The van der Waals surface area contributed by atoms with Crippen molar-refractivity contribution in [1.29, 1.82) is 0 Å². The van der Waals surface area contributed by atoms with Crippen molar-refractivity contribution in [1.82, 2.24) is 10.2 Å². The van der Waals surface area contributed by atoms with Gasteiger partial charge in [0, 0.05) is 12.6 Å². The molecular weight excluding hydrogens is 208 g/mol. The van der Waals surface area contributed by atoms with E-state index in [0.717, 1.165) is 6.54 Å². The Morgan fingerprint density at radius 2 is 2.00 bits per heavy atom. The summed E-state index contributed by atoms with van der Waals surface area (Å²) in [4.78, 5) is 2.67. The van der Waals surface area contributed by atoms with Gasteiger partial charge in [0.15, 0.2) is 0 Å². The second-order valence-electron chi connectivity index (χ2n) is 6.46. The molecule has 2 nitrogen and oxygen atoms in total. The fourth-order valence-electron chi connectivity index (χ4n) is 2.63. The van der Waals surface area contributed by atoms with Gasteiger partial charge in [-0.15, -0.1) is 0 Å². The molecule has 102 valence electrons. The minimum atomic E-state index is 0.560. The second kappa shape index (κ2) is 7.38. The third kappa shape index (κ3) is 5.87. The maximum absolute atomic E-state index is 3.58. The van der Waals surface area contributed by atoms with Gasteiger partial charge in [0.05, 0.1) is 0 Å². The monoisotopic (exact) mass is 240 g/mol. The molecule has 0 aromatic rings. The zero-order chi connectivity index (χ0) is 12.7. The Hall–Kier alpha value is -0.0800. The van der Waals surface area contributed by atoms with Gasteiger partial charge in [-0.05, 0) is 57.7 Å². The number of unbranched alkanes of at least 4 members (excludes halogenated alkanes) is 1. The largest absolute Gasteiger partial charge is 0.315 e. The molecule has 1 rings (SSSR count). The molecule has 1 fully saturated rings. The molecule has 0 saturated carbocycles. The third-order valence-electron chi connectivity index (χ3n) is 4.14. The molecule has 0 radical (unpaired) electrons. The van der Waals surface area contributed by atoms with Crippen LogP contribution in [-0.4, -0.2) is 37.1 Å². The van der Waals surface area contributed by atoms with Crippen molar-refractivity contribution in [3.05, 3.63) is 0 Å². The number of nitrogens with zero attached hydrogens (tertiary/aromatic N) is 1. The van der Waals surface area contributed by atoms with E-state index >= 15 is 0 Å². The molecule has 1 aliphatic heterocycles. The van der Waals surface area contributed by atoms with Crippen molar-refractivity contribution in [2.75, 3.05) is 26.2 Å². The summed E-state index contributed by atoms with van der Waals surface area (Å²) < 4.78 is 0. The van der Waals surface area contributed by atoms with Gasteiger partial charge < -0.3 is 5.32 Å². The Morgan fingerprint density at radius 3 is 2.71 bits per heavy atom. The first-order valence-electron chi connectivity index (χ1n) is 7.50. The van der Waals surface area contributed by atoms with Crippen LogP contribution in [0.25, 0.3) is 0 Å². The maximum atomic E-state index is 3.58. The lowest BCUT2D eigenvalue weighted by Gasteiger charge is -2.28. The minimum Gasteiger partial charge on any atom is -0.315 e. The zero-order valence-electron chi connectivity index (χ0n) is 12.4. The first kappa shape index (κ1) is 15.0.